The van der Waals surface area contributed by atoms with Gasteiger partial charge in [0.25, 0.3) is 0 Å². The molecule has 2 rings (SSSR count). The molecule has 12 heavy (non-hydrogen) atoms. The van der Waals surface area contributed by atoms with E-state index in [1.165, 1.54) is 12.5 Å². The zero-order chi connectivity index (χ0) is 8.55. The van der Waals surface area contributed by atoms with Gasteiger partial charge in [-0.15, -0.1) is 0 Å². The second-order valence-corrected chi connectivity index (χ2v) is 2.33. The zero-order valence-corrected chi connectivity index (χ0v) is 6.02. The molecule has 0 atom stereocenters. The lowest BCUT2D eigenvalue weighted by molar-refractivity contribution is 0.0665. The first-order valence-electron chi connectivity index (χ1n) is 3.33. The fraction of sp³-hybridized carbons (Fsp3) is 0. The van der Waals surface area contributed by atoms with Gasteiger partial charge in [-0.05, 0) is 6.07 Å². The number of carboxylic acids is 1. The van der Waals surface area contributed by atoms with Crippen LogP contribution >= 0.6 is 0 Å². The van der Waals surface area contributed by atoms with Crippen LogP contribution in [0.4, 0.5) is 0 Å². The molecule has 4 heteroatoms. The molecule has 0 aliphatic rings. The van der Waals surface area contributed by atoms with Gasteiger partial charge in [-0.2, -0.15) is 0 Å². The highest BCUT2D eigenvalue weighted by Gasteiger charge is 2.11. The van der Waals surface area contributed by atoms with Gasteiger partial charge in [-0.1, -0.05) is 0 Å². The van der Waals surface area contributed by atoms with Crippen molar-refractivity contribution in [2.75, 3.05) is 0 Å². The van der Waals surface area contributed by atoms with Crippen molar-refractivity contribution in [3.8, 4) is 0 Å². The number of carboxylic acid groups (broad SMARTS) is 1. The van der Waals surface area contributed by atoms with E-state index in [1.54, 1.807) is 12.3 Å². The van der Waals surface area contributed by atoms with Crippen LogP contribution < -0.4 is 0 Å². The number of furan rings is 1. The van der Waals surface area contributed by atoms with Crippen LogP contribution in [0.1, 0.15) is 10.6 Å². The lowest BCUT2D eigenvalue weighted by atomic mass is 10.2. The highest BCUT2D eigenvalue weighted by molar-refractivity contribution is 6.00. The molecule has 0 spiro atoms. The summed E-state index contributed by atoms with van der Waals surface area (Å²) in [4.78, 5) is 14.4. The molecule has 2 heterocycles. The highest BCUT2D eigenvalue weighted by atomic mass is 16.4. The van der Waals surface area contributed by atoms with Gasteiger partial charge in [-0.3, -0.25) is 4.98 Å². The van der Waals surface area contributed by atoms with Crippen LogP contribution in [-0.2, 0) is 0 Å². The van der Waals surface area contributed by atoms with Crippen LogP contribution in [0.3, 0.4) is 0 Å². The summed E-state index contributed by atoms with van der Waals surface area (Å²) in [6.45, 7) is 0. The molecule has 1 N–H and O–H groups in total. The Morgan fingerprint density at radius 2 is 2.42 bits per heavy atom. The molecule has 0 fully saturated rings. The van der Waals surface area contributed by atoms with Gasteiger partial charge in [-0.25, -0.2) is 4.79 Å². The molecule has 0 saturated heterocycles. The molecular formula is C8H5NO3. The average molecular weight is 163 g/mol. The summed E-state index contributed by atoms with van der Waals surface area (Å²) in [6, 6.07) is 1.61. The number of rotatable bonds is 1. The van der Waals surface area contributed by atoms with E-state index >= 15 is 0 Å². The second kappa shape index (κ2) is 2.34. The van der Waals surface area contributed by atoms with Crippen molar-refractivity contribution in [1.29, 1.82) is 0 Å². The first-order chi connectivity index (χ1) is 5.79. The Morgan fingerprint density at radius 1 is 1.58 bits per heavy atom. The van der Waals surface area contributed by atoms with Gasteiger partial charge in [0, 0.05) is 23.2 Å². The maximum absolute atomic E-state index is 10.6. The first kappa shape index (κ1) is 6.84. The number of hydrogen-bond acceptors (Lipinski definition) is 3. The Balaban J connectivity index is 2.79. The van der Waals surface area contributed by atoms with Crippen LogP contribution in [0.25, 0.3) is 10.8 Å². The van der Waals surface area contributed by atoms with E-state index in [4.69, 9.17) is 9.52 Å². The van der Waals surface area contributed by atoms with Crippen LogP contribution in [0.15, 0.2) is 29.1 Å². The van der Waals surface area contributed by atoms with Gasteiger partial charge >= 0.3 is 5.97 Å². The van der Waals surface area contributed by atoms with E-state index in [1.807, 2.05) is 0 Å². The minimum absolute atomic E-state index is 0.0348. The number of carbonyl (C=O) groups is 1. The number of aromatic nitrogens is 1. The average Bonchev–Trinajstić information content (AvgIpc) is 2.47. The SMILES string of the molecule is O=C(O)c1occ2cnccc12. The van der Waals surface area contributed by atoms with Crippen molar-refractivity contribution in [3.05, 3.63) is 30.5 Å². The summed E-state index contributed by atoms with van der Waals surface area (Å²) < 4.78 is 4.84. The molecule has 0 aliphatic heterocycles. The largest absolute Gasteiger partial charge is 0.475 e. The summed E-state index contributed by atoms with van der Waals surface area (Å²) in [6.07, 6.45) is 4.47. The molecular weight excluding hydrogens is 158 g/mol. The number of fused-ring (bicyclic) bond motifs is 1. The molecule has 0 saturated carbocycles. The summed E-state index contributed by atoms with van der Waals surface area (Å²) in [5.41, 5.74) is 0. The normalized spacial score (nSPS) is 10.3. The lowest BCUT2D eigenvalue weighted by Gasteiger charge is -1.87. The second-order valence-electron chi connectivity index (χ2n) is 2.33. The predicted molar refractivity (Wildman–Crippen MR) is 41.0 cm³/mol. The molecule has 0 radical (unpaired) electrons. The zero-order valence-electron chi connectivity index (χ0n) is 6.02. The van der Waals surface area contributed by atoms with Crippen LogP contribution in [-0.4, -0.2) is 16.1 Å². The Hall–Kier alpha value is -1.84. The minimum atomic E-state index is -1.06. The molecule has 0 unspecified atom stereocenters. The number of aromatic carboxylic acids is 1. The summed E-state index contributed by atoms with van der Waals surface area (Å²) >= 11 is 0. The van der Waals surface area contributed by atoms with Crippen molar-refractivity contribution in [2.24, 2.45) is 0 Å². The van der Waals surface area contributed by atoms with Crippen molar-refractivity contribution in [1.82, 2.24) is 4.98 Å². The standard InChI is InChI=1S/C8H5NO3/c10-8(11)7-6-1-2-9-3-5(6)4-12-7/h1-4H,(H,10,11). The molecule has 0 aliphatic carbocycles. The highest BCUT2D eigenvalue weighted by Crippen LogP contribution is 2.18. The van der Waals surface area contributed by atoms with Gasteiger partial charge in [0.05, 0.1) is 0 Å². The van der Waals surface area contributed by atoms with E-state index in [-0.39, 0.29) is 5.76 Å². The monoisotopic (exact) mass is 163 g/mol. The topological polar surface area (TPSA) is 63.3 Å². The Bertz CT molecular complexity index is 433. The van der Waals surface area contributed by atoms with Crippen LogP contribution in [0.2, 0.25) is 0 Å². The van der Waals surface area contributed by atoms with Gasteiger partial charge < -0.3 is 9.52 Å². The minimum Gasteiger partial charge on any atom is -0.475 e. The van der Waals surface area contributed by atoms with E-state index in [0.29, 0.717) is 10.8 Å². The fourth-order valence-corrected chi connectivity index (χ4v) is 1.06. The lowest BCUT2D eigenvalue weighted by Crippen LogP contribution is -1.93. The molecule has 60 valence electrons. The van der Waals surface area contributed by atoms with Gasteiger partial charge in [0.15, 0.2) is 0 Å². The van der Waals surface area contributed by atoms with Crippen molar-refractivity contribution in [2.45, 2.75) is 0 Å². The first-order valence-corrected chi connectivity index (χ1v) is 3.33. The Kier molecular flexibility index (Phi) is 1.33. The maximum atomic E-state index is 10.6. The van der Waals surface area contributed by atoms with E-state index in [0.717, 1.165) is 0 Å². The van der Waals surface area contributed by atoms with E-state index in [2.05, 4.69) is 4.98 Å². The summed E-state index contributed by atoms with van der Waals surface area (Å²) in [7, 11) is 0. The molecule has 0 bridgehead atoms. The number of hydrogen-bond donors (Lipinski definition) is 1. The quantitative estimate of drug-likeness (QED) is 0.692. The maximum Gasteiger partial charge on any atom is 0.372 e. The van der Waals surface area contributed by atoms with E-state index < -0.39 is 5.97 Å². The van der Waals surface area contributed by atoms with Crippen LogP contribution in [0.5, 0.6) is 0 Å². The number of pyridine rings is 1. The Labute approximate surface area is 67.4 Å². The van der Waals surface area contributed by atoms with Crippen molar-refractivity contribution >= 4 is 16.7 Å². The third-order valence-electron chi connectivity index (χ3n) is 1.59. The number of nitrogens with zero attached hydrogens (tertiary/aromatic N) is 1. The van der Waals surface area contributed by atoms with E-state index in [9.17, 15) is 4.79 Å². The molecule has 0 aromatic carbocycles. The molecule has 0 amide bonds. The predicted octanol–water partition coefficient (Wildman–Crippen LogP) is 1.53. The molecule has 2 aromatic rings. The van der Waals surface area contributed by atoms with Gasteiger partial charge in [0.1, 0.15) is 6.26 Å². The van der Waals surface area contributed by atoms with Gasteiger partial charge in [0.2, 0.25) is 5.76 Å². The van der Waals surface area contributed by atoms with Crippen LogP contribution in [0, 0.1) is 0 Å². The smallest absolute Gasteiger partial charge is 0.372 e. The molecule has 2 aromatic heterocycles. The van der Waals surface area contributed by atoms with Crippen molar-refractivity contribution < 1.29 is 14.3 Å². The third-order valence-corrected chi connectivity index (χ3v) is 1.59. The summed E-state index contributed by atoms with van der Waals surface area (Å²) in [5.74, 6) is -1.09. The van der Waals surface area contributed by atoms with Crippen molar-refractivity contribution in [3.63, 3.8) is 0 Å². The Morgan fingerprint density at radius 3 is 3.17 bits per heavy atom. The third kappa shape index (κ3) is 0.852. The summed E-state index contributed by atoms with van der Waals surface area (Å²) in [5, 5.41) is 9.94. The molecule has 4 nitrogen and oxygen atoms in total. The fourth-order valence-electron chi connectivity index (χ4n) is 1.06.